The molecular weight excluding hydrogens is 337 g/mol. The van der Waals surface area contributed by atoms with Crippen LogP contribution in [0.25, 0.3) is 0 Å². The fourth-order valence-electron chi connectivity index (χ4n) is 3.17. The van der Waals surface area contributed by atoms with Crippen molar-refractivity contribution >= 4 is 36.4 Å². The van der Waals surface area contributed by atoms with E-state index < -0.39 is 0 Å². The van der Waals surface area contributed by atoms with Gasteiger partial charge in [0, 0.05) is 44.0 Å². The zero-order valence-corrected chi connectivity index (χ0v) is 14.8. The summed E-state index contributed by atoms with van der Waals surface area (Å²) in [6.07, 6.45) is 1.09. The van der Waals surface area contributed by atoms with Crippen molar-refractivity contribution in [2.24, 2.45) is 5.92 Å². The molecule has 0 radical (unpaired) electrons. The van der Waals surface area contributed by atoms with Crippen LogP contribution in [0.2, 0.25) is 0 Å². The van der Waals surface area contributed by atoms with E-state index in [1.54, 1.807) is 6.07 Å². The number of nitrogens with zero attached hydrogens (tertiary/aromatic N) is 2. The fourth-order valence-corrected chi connectivity index (χ4v) is 3.17. The Morgan fingerprint density at radius 2 is 1.96 bits per heavy atom. The average molecular weight is 362 g/mol. The van der Waals surface area contributed by atoms with E-state index in [2.05, 4.69) is 4.90 Å². The van der Waals surface area contributed by atoms with Gasteiger partial charge >= 0.3 is 0 Å². The van der Waals surface area contributed by atoms with Crippen molar-refractivity contribution in [1.29, 1.82) is 0 Å². The van der Waals surface area contributed by atoms with Crippen molar-refractivity contribution in [3.8, 4) is 0 Å². The highest BCUT2D eigenvalue weighted by Crippen LogP contribution is 2.21. The number of nitrogens with two attached hydrogens (primary N) is 1. The van der Waals surface area contributed by atoms with Gasteiger partial charge in [0.05, 0.1) is 13.2 Å². The number of nitrogen functional groups attached to an aromatic ring is 1. The molecule has 1 unspecified atom stereocenters. The second-order valence-corrected chi connectivity index (χ2v) is 5.94. The quantitative estimate of drug-likeness (QED) is 0.835. The number of hydrogen-bond acceptors (Lipinski definition) is 4. The van der Waals surface area contributed by atoms with Crippen molar-refractivity contribution in [3.63, 3.8) is 0 Å². The first-order valence-electron chi connectivity index (χ1n) is 7.67. The molecule has 0 spiro atoms. The summed E-state index contributed by atoms with van der Waals surface area (Å²) in [4.78, 5) is 16.9. The molecule has 0 bridgehead atoms. The van der Waals surface area contributed by atoms with Crippen LogP contribution in [-0.4, -0.2) is 61.6 Å². The van der Waals surface area contributed by atoms with Gasteiger partial charge in [0.15, 0.2) is 0 Å². The van der Waals surface area contributed by atoms with Crippen LogP contribution in [0.3, 0.4) is 0 Å². The molecule has 1 aromatic rings. The summed E-state index contributed by atoms with van der Waals surface area (Å²) in [7, 11) is 0. The van der Waals surface area contributed by atoms with Crippen molar-refractivity contribution in [2.45, 2.75) is 6.42 Å². The van der Waals surface area contributed by atoms with E-state index in [0.29, 0.717) is 17.2 Å². The Balaban J connectivity index is 0.00000132. The number of rotatable bonds is 3. The maximum atomic E-state index is 12.5. The number of likely N-dealkylation sites (tertiary alicyclic amines) is 1. The monoisotopic (exact) mass is 361 g/mol. The number of hydrogen-bond donors (Lipinski definition) is 1. The van der Waals surface area contributed by atoms with E-state index in [1.165, 1.54) is 0 Å². The lowest BCUT2D eigenvalue weighted by Gasteiger charge is -2.29. The lowest BCUT2D eigenvalue weighted by molar-refractivity contribution is 0.0310. The summed E-state index contributed by atoms with van der Waals surface area (Å²) < 4.78 is 5.37. The summed E-state index contributed by atoms with van der Waals surface area (Å²) >= 11 is 0. The van der Waals surface area contributed by atoms with E-state index in [1.807, 2.05) is 23.1 Å². The van der Waals surface area contributed by atoms with Gasteiger partial charge < -0.3 is 15.4 Å². The van der Waals surface area contributed by atoms with Gasteiger partial charge in [0.1, 0.15) is 0 Å². The standard InChI is InChI=1S/C16H23N3O2.2ClH/c17-15-3-1-2-14(10-15)16(20)19-5-4-13(12-19)11-18-6-8-21-9-7-18;;/h1-3,10,13H,4-9,11-12,17H2;2*1H. The number of carbonyl (C=O) groups is 1. The molecule has 0 aromatic heterocycles. The second-order valence-electron chi connectivity index (χ2n) is 5.94. The predicted molar refractivity (Wildman–Crippen MR) is 96.6 cm³/mol. The molecule has 1 aromatic carbocycles. The SMILES string of the molecule is Cl.Cl.Nc1cccc(C(=O)N2CCC(CN3CCOCC3)C2)c1. The third-order valence-electron chi connectivity index (χ3n) is 4.33. The Kier molecular flexibility index (Phi) is 8.12. The first-order chi connectivity index (χ1) is 10.2. The highest BCUT2D eigenvalue weighted by Gasteiger charge is 2.28. The molecule has 0 aliphatic carbocycles. The number of halogens is 2. The van der Waals surface area contributed by atoms with E-state index in [-0.39, 0.29) is 30.7 Å². The Morgan fingerprint density at radius 3 is 2.65 bits per heavy atom. The first-order valence-corrected chi connectivity index (χ1v) is 7.67. The predicted octanol–water partition coefficient (Wildman–Crippen LogP) is 1.91. The largest absolute Gasteiger partial charge is 0.399 e. The third kappa shape index (κ3) is 5.24. The molecule has 2 aliphatic heterocycles. The van der Waals surface area contributed by atoms with Crippen LogP contribution in [0.4, 0.5) is 5.69 Å². The van der Waals surface area contributed by atoms with Crippen LogP contribution in [0, 0.1) is 5.92 Å². The number of ether oxygens (including phenoxy) is 1. The van der Waals surface area contributed by atoms with Crippen LogP contribution in [0.5, 0.6) is 0 Å². The minimum absolute atomic E-state index is 0. The maximum absolute atomic E-state index is 12.5. The van der Waals surface area contributed by atoms with E-state index >= 15 is 0 Å². The zero-order valence-electron chi connectivity index (χ0n) is 13.1. The molecule has 3 rings (SSSR count). The van der Waals surface area contributed by atoms with Gasteiger partial charge in [-0.05, 0) is 30.5 Å². The molecule has 1 atom stereocenters. The first kappa shape index (κ1) is 20.0. The van der Waals surface area contributed by atoms with Gasteiger partial charge in [0.2, 0.25) is 0 Å². The van der Waals surface area contributed by atoms with E-state index in [9.17, 15) is 4.79 Å². The molecule has 2 fully saturated rings. The van der Waals surface area contributed by atoms with Gasteiger partial charge in [-0.25, -0.2) is 0 Å². The molecule has 2 saturated heterocycles. The highest BCUT2D eigenvalue weighted by atomic mass is 35.5. The Hall–Kier alpha value is -1.01. The molecule has 2 heterocycles. The van der Waals surface area contributed by atoms with Crippen LogP contribution in [-0.2, 0) is 4.74 Å². The lowest BCUT2D eigenvalue weighted by atomic mass is 10.1. The van der Waals surface area contributed by atoms with Gasteiger partial charge in [-0.3, -0.25) is 9.69 Å². The minimum Gasteiger partial charge on any atom is -0.399 e. The smallest absolute Gasteiger partial charge is 0.253 e. The van der Waals surface area contributed by atoms with Crippen molar-refractivity contribution in [2.75, 3.05) is 51.7 Å². The van der Waals surface area contributed by atoms with Crippen molar-refractivity contribution in [1.82, 2.24) is 9.80 Å². The van der Waals surface area contributed by atoms with Gasteiger partial charge in [-0.2, -0.15) is 0 Å². The third-order valence-corrected chi connectivity index (χ3v) is 4.33. The summed E-state index contributed by atoms with van der Waals surface area (Å²) in [6.45, 7) is 6.47. The number of anilines is 1. The van der Waals surface area contributed by atoms with Crippen LogP contribution >= 0.6 is 24.8 Å². The molecule has 5 nitrogen and oxygen atoms in total. The minimum atomic E-state index is 0. The van der Waals surface area contributed by atoms with Crippen LogP contribution in [0.1, 0.15) is 16.8 Å². The average Bonchev–Trinajstić information content (AvgIpc) is 2.96. The Labute approximate surface area is 150 Å². The molecular formula is C16H25Cl2N3O2. The topological polar surface area (TPSA) is 58.8 Å². The summed E-state index contributed by atoms with van der Waals surface area (Å²) in [5.74, 6) is 0.680. The zero-order chi connectivity index (χ0) is 14.7. The van der Waals surface area contributed by atoms with Gasteiger partial charge in [-0.15, -0.1) is 24.8 Å². The molecule has 7 heteroatoms. The molecule has 2 N–H and O–H groups in total. The molecule has 1 amide bonds. The number of amides is 1. The molecule has 0 saturated carbocycles. The maximum Gasteiger partial charge on any atom is 0.253 e. The second kappa shape index (κ2) is 9.33. The normalized spacial score (nSPS) is 21.4. The number of morpholine rings is 1. The Bertz CT molecular complexity index is 510. The van der Waals surface area contributed by atoms with Crippen molar-refractivity contribution in [3.05, 3.63) is 29.8 Å². The van der Waals surface area contributed by atoms with E-state index in [4.69, 9.17) is 10.5 Å². The van der Waals surface area contributed by atoms with Gasteiger partial charge in [0.25, 0.3) is 5.91 Å². The highest BCUT2D eigenvalue weighted by molar-refractivity contribution is 5.95. The summed E-state index contributed by atoms with van der Waals surface area (Å²) in [5.41, 5.74) is 7.10. The van der Waals surface area contributed by atoms with Crippen LogP contribution in [0.15, 0.2) is 24.3 Å². The molecule has 2 aliphatic rings. The van der Waals surface area contributed by atoms with E-state index in [0.717, 1.165) is 52.4 Å². The number of carbonyl (C=O) groups excluding carboxylic acids is 1. The summed E-state index contributed by atoms with van der Waals surface area (Å²) in [5, 5.41) is 0. The summed E-state index contributed by atoms with van der Waals surface area (Å²) in [6, 6.07) is 7.25. The fraction of sp³-hybridized carbons (Fsp3) is 0.562. The Morgan fingerprint density at radius 1 is 1.22 bits per heavy atom. The van der Waals surface area contributed by atoms with Crippen LogP contribution < -0.4 is 5.73 Å². The molecule has 130 valence electrons. The van der Waals surface area contributed by atoms with Gasteiger partial charge in [-0.1, -0.05) is 6.07 Å². The number of benzene rings is 1. The lowest BCUT2D eigenvalue weighted by Crippen LogP contribution is -2.40. The molecule has 23 heavy (non-hydrogen) atoms. The van der Waals surface area contributed by atoms with Crippen molar-refractivity contribution < 1.29 is 9.53 Å².